The first-order valence-corrected chi connectivity index (χ1v) is 9.10. The van der Waals surface area contributed by atoms with Gasteiger partial charge in [-0.3, -0.25) is 9.59 Å². The Bertz CT molecular complexity index is 983. The molecule has 27 heavy (non-hydrogen) atoms. The van der Waals surface area contributed by atoms with Crippen LogP contribution in [0, 0.1) is 6.92 Å². The molecule has 0 saturated heterocycles. The van der Waals surface area contributed by atoms with Gasteiger partial charge in [0, 0.05) is 21.8 Å². The molecular weight excluding hydrogens is 358 g/mol. The predicted octanol–water partition coefficient (Wildman–Crippen LogP) is 5.62. The van der Waals surface area contributed by atoms with Gasteiger partial charge in [0.2, 0.25) is 5.91 Å². The molecular formula is C23H20ClNO2. The monoisotopic (exact) mass is 377 g/mol. The molecule has 1 amide bonds. The molecule has 0 aliphatic heterocycles. The quantitative estimate of drug-likeness (QED) is 0.586. The standard InChI is InChI=1S/C23H20ClNO2/c1-15-11-12-20(14-21(15)24)25-23(27)16(2)18-9-6-10-19(13-18)22(26)17-7-4-3-5-8-17/h3-14,16H,1-2H3,(H,25,27)/t16-/m0/s1. The Hall–Kier alpha value is -2.91. The molecule has 0 saturated carbocycles. The topological polar surface area (TPSA) is 46.2 Å². The summed E-state index contributed by atoms with van der Waals surface area (Å²) in [7, 11) is 0. The Kier molecular flexibility index (Phi) is 5.72. The lowest BCUT2D eigenvalue weighted by molar-refractivity contribution is -0.117. The number of aryl methyl sites for hydroxylation is 1. The SMILES string of the molecule is Cc1ccc(NC(=O)[C@@H](C)c2cccc(C(=O)c3ccccc3)c2)cc1Cl. The summed E-state index contributed by atoms with van der Waals surface area (Å²) in [6.45, 7) is 3.73. The van der Waals surface area contributed by atoms with Crippen LogP contribution in [-0.4, -0.2) is 11.7 Å². The number of halogens is 1. The van der Waals surface area contributed by atoms with Crippen molar-refractivity contribution < 1.29 is 9.59 Å². The molecule has 4 heteroatoms. The number of amides is 1. The Morgan fingerprint density at radius 2 is 1.59 bits per heavy atom. The Morgan fingerprint density at radius 1 is 0.889 bits per heavy atom. The van der Waals surface area contributed by atoms with E-state index in [1.807, 2.05) is 50.2 Å². The summed E-state index contributed by atoms with van der Waals surface area (Å²) in [5, 5.41) is 3.49. The third-order valence-corrected chi connectivity index (χ3v) is 4.92. The van der Waals surface area contributed by atoms with E-state index >= 15 is 0 Å². The smallest absolute Gasteiger partial charge is 0.231 e. The minimum absolute atomic E-state index is 0.0598. The van der Waals surface area contributed by atoms with Crippen LogP contribution in [-0.2, 0) is 4.79 Å². The molecule has 0 bridgehead atoms. The molecule has 136 valence electrons. The van der Waals surface area contributed by atoms with Crippen molar-refractivity contribution in [3.63, 3.8) is 0 Å². The van der Waals surface area contributed by atoms with E-state index in [1.54, 1.807) is 36.4 Å². The van der Waals surface area contributed by atoms with Crippen LogP contribution >= 0.6 is 11.6 Å². The van der Waals surface area contributed by atoms with Gasteiger partial charge in [-0.15, -0.1) is 0 Å². The van der Waals surface area contributed by atoms with Crippen LogP contribution < -0.4 is 5.32 Å². The summed E-state index contributed by atoms with van der Waals surface area (Å²) in [6.07, 6.45) is 0. The fourth-order valence-corrected chi connectivity index (χ4v) is 2.96. The zero-order valence-corrected chi connectivity index (χ0v) is 16.0. The second-order valence-electron chi connectivity index (χ2n) is 6.50. The van der Waals surface area contributed by atoms with Gasteiger partial charge in [-0.1, -0.05) is 66.2 Å². The van der Waals surface area contributed by atoms with Crippen LogP contribution in [0.2, 0.25) is 5.02 Å². The highest BCUT2D eigenvalue weighted by Crippen LogP contribution is 2.23. The van der Waals surface area contributed by atoms with Crippen LogP contribution in [0.25, 0.3) is 0 Å². The third kappa shape index (κ3) is 4.44. The molecule has 1 N–H and O–H groups in total. The molecule has 0 heterocycles. The first-order chi connectivity index (χ1) is 13.0. The minimum atomic E-state index is -0.409. The van der Waals surface area contributed by atoms with Crippen molar-refractivity contribution in [2.45, 2.75) is 19.8 Å². The van der Waals surface area contributed by atoms with Crippen LogP contribution in [0.5, 0.6) is 0 Å². The van der Waals surface area contributed by atoms with Crippen LogP contribution in [0.4, 0.5) is 5.69 Å². The fourth-order valence-electron chi connectivity index (χ4n) is 2.78. The second kappa shape index (κ2) is 8.19. The molecule has 1 atom stereocenters. The van der Waals surface area contributed by atoms with E-state index in [9.17, 15) is 9.59 Å². The molecule has 0 aliphatic carbocycles. The number of carbonyl (C=O) groups is 2. The average Bonchev–Trinajstić information content (AvgIpc) is 2.70. The molecule has 3 rings (SSSR count). The van der Waals surface area contributed by atoms with E-state index in [-0.39, 0.29) is 11.7 Å². The summed E-state index contributed by atoms with van der Waals surface area (Å²) in [6, 6.07) is 21.7. The van der Waals surface area contributed by atoms with Crippen LogP contribution in [0.15, 0.2) is 72.8 Å². The predicted molar refractivity (Wildman–Crippen MR) is 110 cm³/mol. The van der Waals surface area contributed by atoms with Gasteiger partial charge in [0.1, 0.15) is 0 Å². The van der Waals surface area contributed by atoms with E-state index in [0.717, 1.165) is 11.1 Å². The lowest BCUT2D eigenvalue weighted by atomic mass is 9.95. The first kappa shape index (κ1) is 18.9. The average molecular weight is 378 g/mol. The molecule has 0 aliphatic rings. The lowest BCUT2D eigenvalue weighted by Gasteiger charge is -2.14. The molecule has 3 nitrogen and oxygen atoms in total. The van der Waals surface area contributed by atoms with Gasteiger partial charge in [0.25, 0.3) is 0 Å². The summed E-state index contributed by atoms with van der Waals surface area (Å²) >= 11 is 6.12. The van der Waals surface area contributed by atoms with Crippen molar-refractivity contribution in [1.29, 1.82) is 0 Å². The normalized spacial score (nSPS) is 11.7. The minimum Gasteiger partial charge on any atom is -0.326 e. The summed E-state index contributed by atoms with van der Waals surface area (Å²) in [4.78, 5) is 25.3. The Labute approximate surface area is 164 Å². The maximum Gasteiger partial charge on any atom is 0.231 e. The number of hydrogen-bond donors (Lipinski definition) is 1. The maximum atomic E-state index is 12.6. The van der Waals surface area contributed by atoms with Crippen molar-refractivity contribution in [1.82, 2.24) is 0 Å². The zero-order valence-electron chi connectivity index (χ0n) is 15.2. The fraction of sp³-hybridized carbons (Fsp3) is 0.130. The summed E-state index contributed by atoms with van der Waals surface area (Å²) in [5.74, 6) is -0.622. The molecule has 3 aromatic rings. The van der Waals surface area contributed by atoms with Gasteiger partial charge in [0.15, 0.2) is 5.78 Å². The van der Waals surface area contributed by atoms with E-state index in [1.165, 1.54) is 0 Å². The van der Waals surface area contributed by atoms with Crippen molar-refractivity contribution in [2.75, 3.05) is 5.32 Å². The van der Waals surface area contributed by atoms with Crippen LogP contribution in [0.1, 0.15) is 39.9 Å². The second-order valence-corrected chi connectivity index (χ2v) is 6.90. The molecule has 3 aromatic carbocycles. The van der Waals surface area contributed by atoms with E-state index in [0.29, 0.717) is 21.8 Å². The van der Waals surface area contributed by atoms with E-state index in [2.05, 4.69) is 5.32 Å². The highest BCUT2D eigenvalue weighted by atomic mass is 35.5. The Balaban J connectivity index is 1.78. The van der Waals surface area contributed by atoms with E-state index in [4.69, 9.17) is 11.6 Å². The largest absolute Gasteiger partial charge is 0.326 e. The number of nitrogens with one attached hydrogen (secondary N) is 1. The van der Waals surface area contributed by atoms with E-state index < -0.39 is 5.92 Å². The third-order valence-electron chi connectivity index (χ3n) is 4.52. The molecule has 0 radical (unpaired) electrons. The van der Waals surface area contributed by atoms with Gasteiger partial charge in [-0.05, 0) is 43.2 Å². The number of carbonyl (C=O) groups excluding carboxylic acids is 2. The van der Waals surface area contributed by atoms with Gasteiger partial charge in [-0.2, -0.15) is 0 Å². The molecule has 0 unspecified atom stereocenters. The highest BCUT2D eigenvalue weighted by Gasteiger charge is 2.18. The number of hydrogen-bond acceptors (Lipinski definition) is 2. The highest BCUT2D eigenvalue weighted by molar-refractivity contribution is 6.31. The van der Waals surface area contributed by atoms with Gasteiger partial charge in [-0.25, -0.2) is 0 Å². The summed E-state index contributed by atoms with van der Waals surface area (Å²) in [5.41, 5.74) is 3.58. The number of ketones is 1. The van der Waals surface area contributed by atoms with Gasteiger partial charge in [0.05, 0.1) is 5.92 Å². The molecule has 0 aromatic heterocycles. The van der Waals surface area contributed by atoms with Gasteiger partial charge < -0.3 is 5.32 Å². The van der Waals surface area contributed by atoms with Gasteiger partial charge >= 0.3 is 0 Å². The maximum absolute atomic E-state index is 12.6. The van der Waals surface area contributed by atoms with Crippen molar-refractivity contribution in [3.8, 4) is 0 Å². The summed E-state index contributed by atoms with van der Waals surface area (Å²) < 4.78 is 0. The van der Waals surface area contributed by atoms with Crippen molar-refractivity contribution in [2.24, 2.45) is 0 Å². The first-order valence-electron chi connectivity index (χ1n) is 8.72. The zero-order chi connectivity index (χ0) is 19.4. The van der Waals surface area contributed by atoms with Crippen molar-refractivity contribution >= 4 is 29.0 Å². The Morgan fingerprint density at radius 3 is 2.30 bits per heavy atom. The molecule has 0 fully saturated rings. The number of benzene rings is 3. The lowest BCUT2D eigenvalue weighted by Crippen LogP contribution is -2.19. The van der Waals surface area contributed by atoms with Crippen LogP contribution in [0.3, 0.4) is 0 Å². The number of rotatable bonds is 5. The number of anilines is 1. The molecule has 0 spiro atoms. The van der Waals surface area contributed by atoms with Crippen molar-refractivity contribution in [3.05, 3.63) is 100 Å².